The van der Waals surface area contributed by atoms with Crippen LogP contribution in [0.25, 0.3) is 0 Å². The van der Waals surface area contributed by atoms with Crippen molar-refractivity contribution in [1.82, 2.24) is 0 Å². The normalized spacial score (nSPS) is 41.6. The zero-order valence-electron chi connectivity index (χ0n) is 13.9. The zero-order valence-corrected chi connectivity index (χ0v) is 13.9. The van der Waals surface area contributed by atoms with Crippen molar-refractivity contribution in [2.75, 3.05) is 7.11 Å². The first kappa shape index (κ1) is 14.5. The van der Waals surface area contributed by atoms with E-state index < -0.39 is 0 Å². The Bertz CT molecular complexity index is 391. The number of fused-ring (bicyclic) bond motifs is 1. The van der Waals surface area contributed by atoms with Gasteiger partial charge in [0.1, 0.15) is 0 Å². The van der Waals surface area contributed by atoms with Crippen molar-refractivity contribution in [2.24, 2.45) is 28.1 Å². The van der Waals surface area contributed by atoms with Crippen molar-refractivity contribution in [3.8, 4) is 0 Å². The van der Waals surface area contributed by atoms with Gasteiger partial charge in [-0.3, -0.25) is 0 Å². The molecule has 20 heavy (non-hydrogen) atoms. The molecule has 0 saturated heterocycles. The maximum Gasteiger partial charge on any atom is 0.0784 e. The molecule has 3 rings (SSSR count). The van der Waals surface area contributed by atoms with E-state index in [1.54, 1.807) is 7.11 Å². The molecule has 0 radical (unpaired) electrons. The Morgan fingerprint density at radius 1 is 1.05 bits per heavy atom. The molecule has 0 aromatic heterocycles. The highest BCUT2D eigenvalue weighted by Crippen LogP contribution is 2.71. The van der Waals surface area contributed by atoms with Crippen LogP contribution in [0, 0.1) is 28.1 Å². The highest BCUT2D eigenvalue weighted by molar-refractivity contribution is 5.13. The summed E-state index contributed by atoms with van der Waals surface area (Å²) in [5, 5.41) is 0. The summed E-state index contributed by atoms with van der Waals surface area (Å²) >= 11 is 0. The standard InChI is InChI=1S/C19H32O/c1-17(2)9-6-10-18(3)15(17)8-11-19(12-13-19)16(18)7-5-14-20-4/h5,14-16H,6-13H2,1-4H3/b14-5+/t15-,16+,18-/m0/s1. The number of methoxy groups -OCH3 is 1. The van der Waals surface area contributed by atoms with E-state index in [1.807, 2.05) is 6.26 Å². The Kier molecular flexibility index (Phi) is 3.46. The van der Waals surface area contributed by atoms with Crippen molar-refractivity contribution >= 4 is 0 Å². The van der Waals surface area contributed by atoms with E-state index in [2.05, 4.69) is 26.8 Å². The number of allylic oxidation sites excluding steroid dienone is 1. The van der Waals surface area contributed by atoms with E-state index in [0.29, 0.717) is 16.2 Å². The van der Waals surface area contributed by atoms with Crippen LogP contribution in [0.3, 0.4) is 0 Å². The molecule has 3 saturated carbocycles. The van der Waals surface area contributed by atoms with Crippen molar-refractivity contribution in [1.29, 1.82) is 0 Å². The van der Waals surface area contributed by atoms with Crippen LogP contribution in [0.4, 0.5) is 0 Å². The summed E-state index contributed by atoms with van der Waals surface area (Å²) in [6.45, 7) is 7.69. The summed E-state index contributed by atoms with van der Waals surface area (Å²) in [5.74, 6) is 1.82. The fraction of sp³-hybridized carbons (Fsp3) is 0.895. The van der Waals surface area contributed by atoms with Crippen LogP contribution in [0.1, 0.15) is 72.1 Å². The number of hydrogen-bond donors (Lipinski definition) is 0. The fourth-order valence-corrected chi connectivity index (χ4v) is 6.18. The lowest BCUT2D eigenvalue weighted by Gasteiger charge is -2.60. The van der Waals surface area contributed by atoms with E-state index in [4.69, 9.17) is 4.74 Å². The first-order valence-electron chi connectivity index (χ1n) is 8.62. The average Bonchev–Trinajstić information content (AvgIpc) is 3.12. The molecule has 1 heteroatoms. The van der Waals surface area contributed by atoms with Gasteiger partial charge < -0.3 is 4.74 Å². The summed E-state index contributed by atoms with van der Waals surface area (Å²) in [6, 6.07) is 0. The minimum Gasteiger partial charge on any atom is -0.505 e. The van der Waals surface area contributed by atoms with Crippen molar-refractivity contribution < 1.29 is 4.74 Å². The van der Waals surface area contributed by atoms with E-state index in [-0.39, 0.29) is 0 Å². The van der Waals surface area contributed by atoms with E-state index >= 15 is 0 Å². The second-order valence-corrected chi connectivity index (χ2v) is 8.70. The summed E-state index contributed by atoms with van der Waals surface area (Å²) in [6.07, 6.45) is 15.7. The quantitative estimate of drug-likeness (QED) is 0.613. The van der Waals surface area contributed by atoms with Gasteiger partial charge in [-0.1, -0.05) is 27.2 Å². The maximum absolute atomic E-state index is 5.15. The largest absolute Gasteiger partial charge is 0.505 e. The summed E-state index contributed by atoms with van der Waals surface area (Å²) in [7, 11) is 1.76. The zero-order chi connectivity index (χ0) is 14.4. The van der Waals surface area contributed by atoms with Crippen molar-refractivity contribution in [2.45, 2.75) is 72.1 Å². The van der Waals surface area contributed by atoms with Crippen molar-refractivity contribution in [3.05, 3.63) is 12.3 Å². The minimum atomic E-state index is 0.548. The minimum absolute atomic E-state index is 0.548. The molecule has 0 heterocycles. The molecule has 3 aliphatic rings. The van der Waals surface area contributed by atoms with Gasteiger partial charge in [-0.15, -0.1) is 0 Å². The molecule has 0 amide bonds. The number of ether oxygens (including phenoxy) is 1. The molecular weight excluding hydrogens is 244 g/mol. The van der Waals surface area contributed by atoms with Gasteiger partial charge in [0, 0.05) is 0 Å². The molecule has 0 aromatic carbocycles. The third kappa shape index (κ3) is 2.12. The van der Waals surface area contributed by atoms with Crippen LogP contribution in [0.5, 0.6) is 0 Å². The molecule has 0 bridgehead atoms. The second kappa shape index (κ2) is 4.78. The predicted molar refractivity (Wildman–Crippen MR) is 84.4 cm³/mol. The number of rotatable bonds is 3. The Labute approximate surface area is 125 Å². The Morgan fingerprint density at radius 2 is 1.80 bits per heavy atom. The van der Waals surface area contributed by atoms with Crippen LogP contribution < -0.4 is 0 Å². The summed E-state index contributed by atoms with van der Waals surface area (Å²) < 4.78 is 5.15. The van der Waals surface area contributed by atoms with Gasteiger partial charge in [-0.25, -0.2) is 0 Å². The Hall–Kier alpha value is -0.460. The van der Waals surface area contributed by atoms with Crippen LogP contribution in [-0.4, -0.2) is 7.11 Å². The highest BCUT2D eigenvalue weighted by atomic mass is 16.5. The molecule has 3 aliphatic carbocycles. The average molecular weight is 276 g/mol. The van der Waals surface area contributed by atoms with Gasteiger partial charge in [0.25, 0.3) is 0 Å². The Morgan fingerprint density at radius 3 is 2.45 bits per heavy atom. The van der Waals surface area contributed by atoms with Gasteiger partial charge in [-0.05, 0) is 79.1 Å². The van der Waals surface area contributed by atoms with Crippen LogP contribution in [-0.2, 0) is 4.74 Å². The van der Waals surface area contributed by atoms with Crippen LogP contribution in [0.2, 0.25) is 0 Å². The van der Waals surface area contributed by atoms with Gasteiger partial charge in [0.05, 0.1) is 13.4 Å². The van der Waals surface area contributed by atoms with Gasteiger partial charge in [0.15, 0.2) is 0 Å². The smallest absolute Gasteiger partial charge is 0.0784 e. The summed E-state index contributed by atoms with van der Waals surface area (Å²) in [4.78, 5) is 0. The Balaban J connectivity index is 1.88. The molecule has 114 valence electrons. The van der Waals surface area contributed by atoms with E-state index in [1.165, 1.54) is 51.4 Å². The molecule has 0 N–H and O–H groups in total. The lowest BCUT2D eigenvalue weighted by molar-refractivity contribution is -0.104. The molecule has 0 aliphatic heterocycles. The lowest BCUT2D eigenvalue weighted by Crippen LogP contribution is -2.52. The molecule has 3 fully saturated rings. The molecule has 3 atom stereocenters. The monoisotopic (exact) mass is 276 g/mol. The third-order valence-electron chi connectivity index (χ3n) is 7.24. The van der Waals surface area contributed by atoms with Crippen LogP contribution >= 0.6 is 0 Å². The number of hydrogen-bond acceptors (Lipinski definition) is 1. The third-order valence-corrected chi connectivity index (χ3v) is 7.24. The van der Waals surface area contributed by atoms with Crippen molar-refractivity contribution in [3.63, 3.8) is 0 Å². The van der Waals surface area contributed by atoms with E-state index in [9.17, 15) is 0 Å². The molecule has 0 aromatic rings. The van der Waals surface area contributed by atoms with Gasteiger partial charge in [0.2, 0.25) is 0 Å². The maximum atomic E-state index is 5.15. The molecule has 1 spiro atoms. The first-order valence-corrected chi connectivity index (χ1v) is 8.62. The molecule has 1 nitrogen and oxygen atoms in total. The SMILES string of the molecule is CO/C=C/C[C@H]1C2(CC[C@H]3C(C)(C)CCC[C@@]31C)CC2. The second-order valence-electron chi connectivity index (χ2n) is 8.70. The van der Waals surface area contributed by atoms with E-state index in [0.717, 1.165) is 11.8 Å². The summed E-state index contributed by atoms with van der Waals surface area (Å²) in [5.41, 5.74) is 1.82. The molecule has 0 unspecified atom stereocenters. The van der Waals surface area contributed by atoms with Gasteiger partial charge in [-0.2, -0.15) is 0 Å². The lowest BCUT2D eigenvalue weighted by atomic mass is 9.45. The highest BCUT2D eigenvalue weighted by Gasteiger charge is 2.62. The predicted octanol–water partition coefficient (Wildman–Crippen LogP) is 5.56. The molecular formula is C19H32O. The van der Waals surface area contributed by atoms with Gasteiger partial charge >= 0.3 is 0 Å². The topological polar surface area (TPSA) is 9.23 Å². The van der Waals surface area contributed by atoms with Crippen LogP contribution in [0.15, 0.2) is 12.3 Å². The first-order chi connectivity index (χ1) is 9.45. The fourth-order valence-electron chi connectivity index (χ4n) is 6.18.